The minimum atomic E-state index is -1.04. The minimum absolute atomic E-state index is 0.215. The molecule has 0 unspecified atom stereocenters. The van der Waals surface area contributed by atoms with Crippen LogP contribution in [0.2, 0.25) is 0 Å². The Kier molecular flexibility index (Phi) is 6.40. The molecule has 0 saturated carbocycles. The molecule has 7 heteroatoms. The summed E-state index contributed by atoms with van der Waals surface area (Å²) in [7, 11) is 0. The smallest absolute Gasteiger partial charge is 0.238 e. The van der Waals surface area contributed by atoms with Gasteiger partial charge in [0.05, 0.1) is 12.7 Å². The molecular weight excluding hydrogens is 360 g/mol. The van der Waals surface area contributed by atoms with E-state index >= 15 is 0 Å². The first-order valence-corrected chi connectivity index (χ1v) is 9.74. The lowest BCUT2D eigenvalue weighted by Crippen LogP contribution is -2.56. The molecule has 1 saturated heterocycles. The first kappa shape index (κ1) is 20.8. The molecule has 1 aromatic heterocycles. The van der Waals surface area contributed by atoms with Gasteiger partial charge in [0, 0.05) is 23.6 Å². The SMILES string of the molecule is Cc1ccccc1Cc1c(O[C@@H]2O[C@H](CO)[C@@H](O)[C@H](C)[C@H]2O)n[nH]c1C(C)C. The van der Waals surface area contributed by atoms with Crippen molar-refractivity contribution < 1.29 is 24.8 Å². The molecule has 2 heterocycles. The average Bonchev–Trinajstić information content (AvgIpc) is 3.06. The lowest BCUT2D eigenvalue weighted by Gasteiger charge is -2.40. The van der Waals surface area contributed by atoms with E-state index in [0.717, 1.165) is 16.8 Å². The molecule has 1 aliphatic heterocycles. The third-order valence-corrected chi connectivity index (χ3v) is 5.52. The van der Waals surface area contributed by atoms with Crippen LogP contribution in [0.5, 0.6) is 5.88 Å². The fraction of sp³-hybridized carbons (Fsp3) is 0.571. The molecule has 3 rings (SSSR count). The molecular formula is C21H30N2O5. The Morgan fingerprint density at radius 2 is 1.93 bits per heavy atom. The van der Waals surface area contributed by atoms with Crippen LogP contribution in [0.25, 0.3) is 0 Å². The number of aromatic nitrogens is 2. The van der Waals surface area contributed by atoms with Crippen LogP contribution in [0.4, 0.5) is 0 Å². The van der Waals surface area contributed by atoms with Gasteiger partial charge in [0.1, 0.15) is 12.2 Å². The van der Waals surface area contributed by atoms with Crippen LogP contribution < -0.4 is 4.74 Å². The van der Waals surface area contributed by atoms with Gasteiger partial charge in [-0.2, -0.15) is 0 Å². The van der Waals surface area contributed by atoms with Crippen molar-refractivity contribution in [3.8, 4) is 5.88 Å². The van der Waals surface area contributed by atoms with E-state index in [1.165, 1.54) is 5.56 Å². The summed E-state index contributed by atoms with van der Waals surface area (Å²) >= 11 is 0. The van der Waals surface area contributed by atoms with Gasteiger partial charge in [0.15, 0.2) is 0 Å². The fourth-order valence-electron chi connectivity index (χ4n) is 3.59. The van der Waals surface area contributed by atoms with E-state index in [0.29, 0.717) is 12.3 Å². The molecule has 0 spiro atoms. The van der Waals surface area contributed by atoms with E-state index in [9.17, 15) is 15.3 Å². The second-order valence-corrected chi connectivity index (χ2v) is 7.86. The van der Waals surface area contributed by atoms with Crippen molar-refractivity contribution in [2.45, 2.75) is 64.6 Å². The Morgan fingerprint density at radius 3 is 2.57 bits per heavy atom. The zero-order valence-corrected chi connectivity index (χ0v) is 16.8. The van der Waals surface area contributed by atoms with E-state index in [2.05, 4.69) is 43.1 Å². The van der Waals surface area contributed by atoms with Crippen LogP contribution in [-0.2, 0) is 11.2 Å². The van der Waals surface area contributed by atoms with Gasteiger partial charge >= 0.3 is 0 Å². The van der Waals surface area contributed by atoms with Crippen LogP contribution in [-0.4, -0.2) is 56.7 Å². The number of nitrogens with zero attached hydrogens (tertiary/aromatic N) is 1. The van der Waals surface area contributed by atoms with Gasteiger partial charge in [-0.25, -0.2) is 0 Å². The molecule has 0 amide bonds. The molecule has 0 bridgehead atoms. The van der Waals surface area contributed by atoms with Crippen molar-refractivity contribution in [1.82, 2.24) is 10.2 Å². The highest BCUT2D eigenvalue weighted by Crippen LogP contribution is 2.32. The Balaban J connectivity index is 1.89. The number of aliphatic hydroxyl groups is 3. The van der Waals surface area contributed by atoms with Crippen molar-refractivity contribution in [2.24, 2.45) is 5.92 Å². The molecule has 1 fully saturated rings. The van der Waals surface area contributed by atoms with Gasteiger partial charge in [-0.3, -0.25) is 5.10 Å². The van der Waals surface area contributed by atoms with E-state index in [4.69, 9.17) is 9.47 Å². The van der Waals surface area contributed by atoms with Gasteiger partial charge in [-0.15, -0.1) is 5.10 Å². The maximum absolute atomic E-state index is 10.5. The number of hydrogen-bond acceptors (Lipinski definition) is 6. The van der Waals surface area contributed by atoms with Crippen molar-refractivity contribution in [2.75, 3.05) is 6.61 Å². The van der Waals surface area contributed by atoms with Gasteiger partial charge in [-0.1, -0.05) is 45.0 Å². The molecule has 154 valence electrons. The summed E-state index contributed by atoms with van der Waals surface area (Å²) in [5.41, 5.74) is 4.22. The summed E-state index contributed by atoms with van der Waals surface area (Å²) in [6.07, 6.45) is -3.20. The predicted molar refractivity (Wildman–Crippen MR) is 104 cm³/mol. The quantitative estimate of drug-likeness (QED) is 0.600. The highest BCUT2D eigenvalue weighted by atomic mass is 16.7. The number of hydrogen-bond donors (Lipinski definition) is 4. The number of aliphatic hydroxyl groups excluding tert-OH is 3. The summed E-state index contributed by atoms with van der Waals surface area (Å²) in [6.45, 7) is 7.56. The number of H-pyrrole nitrogens is 1. The monoisotopic (exact) mass is 390 g/mol. The Hall–Kier alpha value is -1.93. The molecule has 2 aromatic rings. The highest BCUT2D eigenvalue weighted by Gasteiger charge is 2.43. The van der Waals surface area contributed by atoms with E-state index in [1.54, 1.807) is 6.92 Å². The Morgan fingerprint density at radius 1 is 1.21 bits per heavy atom. The summed E-state index contributed by atoms with van der Waals surface area (Å²) in [4.78, 5) is 0. The van der Waals surface area contributed by atoms with E-state index in [-0.39, 0.29) is 12.5 Å². The number of rotatable bonds is 6. The van der Waals surface area contributed by atoms with E-state index in [1.807, 2.05) is 12.1 Å². The first-order valence-electron chi connectivity index (χ1n) is 9.74. The van der Waals surface area contributed by atoms with Gasteiger partial charge in [-0.05, 0) is 24.0 Å². The van der Waals surface area contributed by atoms with Crippen LogP contribution >= 0.6 is 0 Å². The Labute approximate surface area is 165 Å². The summed E-state index contributed by atoms with van der Waals surface area (Å²) in [5.74, 6) is 0.0857. The molecule has 5 atom stereocenters. The number of benzene rings is 1. The molecule has 7 nitrogen and oxygen atoms in total. The predicted octanol–water partition coefficient (Wildman–Crippen LogP) is 1.89. The number of ether oxygens (including phenoxy) is 2. The first-order chi connectivity index (χ1) is 13.3. The van der Waals surface area contributed by atoms with Gasteiger partial charge in [0.2, 0.25) is 12.2 Å². The summed E-state index contributed by atoms with van der Waals surface area (Å²) < 4.78 is 11.6. The topological polar surface area (TPSA) is 108 Å². The van der Waals surface area contributed by atoms with Crippen molar-refractivity contribution in [3.05, 3.63) is 46.6 Å². The standard InChI is InChI=1S/C21H30N2O5/c1-11(2)17-15(9-14-8-6-5-7-12(14)3)20(23-22-17)28-21-19(26)13(4)18(25)16(10-24)27-21/h5-8,11,13,16,18-19,21,24-26H,9-10H2,1-4H3,(H,22,23)/t13-,16+,18-,19+,21-/m0/s1. The molecule has 4 N–H and O–H groups in total. The lowest BCUT2D eigenvalue weighted by atomic mass is 9.91. The normalized spacial score (nSPS) is 27.9. The van der Waals surface area contributed by atoms with Crippen LogP contribution in [0.15, 0.2) is 24.3 Å². The number of nitrogens with one attached hydrogen (secondary N) is 1. The lowest BCUT2D eigenvalue weighted by molar-refractivity contribution is -0.261. The van der Waals surface area contributed by atoms with E-state index < -0.39 is 30.5 Å². The third-order valence-electron chi connectivity index (χ3n) is 5.52. The van der Waals surface area contributed by atoms with Crippen LogP contribution in [0.1, 0.15) is 49.1 Å². The number of aromatic amines is 1. The third kappa shape index (κ3) is 4.07. The second-order valence-electron chi connectivity index (χ2n) is 7.86. The van der Waals surface area contributed by atoms with Crippen molar-refractivity contribution in [3.63, 3.8) is 0 Å². The summed E-state index contributed by atoms with van der Waals surface area (Å²) in [6, 6.07) is 8.14. The maximum Gasteiger partial charge on any atom is 0.238 e. The van der Waals surface area contributed by atoms with Gasteiger partial charge in [0.25, 0.3) is 0 Å². The highest BCUT2D eigenvalue weighted by molar-refractivity contribution is 5.40. The zero-order valence-electron chi connectivity index (χ0n) is 16.8. The number of aryl methyl sites for hydroxylation is 1. The van der Waals surface area contributed by atoms with Crippen molar-refractivity contribution >= 4 is 0 Å². The second kappa shape index (κ2) is 8.61. The molecule has 0 aliphatic carbocycles. The molecule has 0 radical (unpaired) electrons. The average molecular weight is 390 g/mol. The maximum atomic E-state index is 10.5. The fourth-order valence-corrected chi connectivity index (χ4v) is 3.59. The van der Waals surface area contributed by atoms with Crippen LogP contribution in [0, 0.1) is 12.8 Å². The molecule has 28 heavy (non-hydrogen) atoms. The van der Waals surface area contributed by atoms with Crippen molar-refractivity contribution in [1.29, 1.82) is 0 Å². The molecule has 1 aliphatic rings. The minimum Gasteiger partial charge on any atom is -0.444 e. The Bertz CT molecular complexity index is 789. The largest absolute Gasteiger partial charge is 0.444 e. The van der Waals surface area contributed by atoms with Crippen LogP contribution in [0.3, 0.4) is 0 Å². The molecule has 1 aromatic carbocycles. The van der Waals surface area contributed by atoms with Gasteiger partial charge < -0.3 is 24.8 Å². The summed E-state index contributed by atoms with van der Waals surface area (Å²) in [5, 5.41) is 37.5. The zero-order chi connectivity index (χ0) is 20.4.